The molecule has 6 heteroatoms. The molecule has 25 heavy (non-hydrogen) atoms. The van der Waals surface area contributed by atoms with Crippen LogP contribution in [0.15, 0.2) is 59.4 Å². The molecular weight excluding hydrogens is 343 g/mol. The Balaban J connectivity index is 1.85. The van der Waals surface area contributed by atoms with Gasteiger partial charge in [-0.05, 0) is 30.5 Å². The van der Waals surface area contributed by atoms with Crippen LogP contribution in [0, 0.1) is 5.82 Å². The number of H-pyrrole nitrogens is 1. The fourth-order valence-corrected chi connectivity index (χ4v) is 2.74. The number of aryl methyl sites for hydroxylation is 2. The van der Waals surface area contributed by atoms with Gasteiger partial charge in [0.05, 0.1) is 5.69 Å². The highest BCUT2D eigenvalue weighted by Gasteiger charge is 2.13. The molecule has 1 heterocycles. The normalized spacial score (nSPS) is 10.6. The number of halogens is 2. The fourth-order valence-electron chi connectivity index (χ4n) is 2.50. The van der Waals surface area contributed by atoms with E-state index in [1.807, 2.05) is 30.3 Å². The topological polar surface area (TPSA) is 68.1 Å². The Morgan fingerprint density at radius 1 is 1.08 bits per heavy atom. The van der Waals surface area contributed by atoms with Crippen LogP contribution in [0.5, 0.6) is 11.5 Å². The van der Waals surface area contributed by atoms with E-state index in [0.717, 1.165) is 11.6 Å². The summed E-state index contributed by atoms with van der Waals surface area (Å²) in [5.74, 6) is -0.494. The molecule has 128 valence electrons. The predicted molar refractivity (Wildman–Crippen MR) is 96.8 cm³/mol. The summed E-state index contributed by atoms with van der Waals surface area (Å²) in [5.41, 5.74) is 6.90. The highest BCUT2D eigenvalue weighted by Crippen LogP contribution is 2.29. The second-order valence-corrected chi connectivity index (χ2v) is 6.03. The molecule has 0 unspecified atom stereocenters. The minimum Gasteiger partial charge on any atom is -0.454 e. The van der Waals surface area contributed by atoms with Gasteiger partial charge < -0.3 is 15.5 Å². The molecule has 1 aromatic heterocycles. The maximum Gasteiger partial charge on any atom is 0.252 e. The summed E-state index contributed by atoms with van der Waals surface area (Å²) >= 11 is 5.91. The smallest absolute Gasteiger partial charge is 0.252 e. The number of nitrogens with two attached hydrogens (primary N) is 1. The zero-order valence-electron chi connectivity index (χ0n) is 13.3. The maximum atomic E-state index is 14.7. The molecule has 0 aliphatic rings. The lowest BCUT2D eigenvalue weighted by Gasteiger charge is -2.10. The molecule has 0 amide bonds. The van der Waals surface area contributed by atoms with Gasteiger partial charge in [0.25, 0.3) is 5.56 Å². The number of aromatic amines is 1. The van der Waals surface area contributed by atoms with Crippen LogP contribution < -0.4 is 16.0 Å². The Labute approximate surface area is 149 Å². The summed E-state index contributed by atoms with van der Waals surface area (Å²) in [4.78, 5) is 14.4. The summed E-state index contributed by atoms with van der Waals surface area (Å²) < 4.78 is 20.2. The molecule has 4 nitrogen and oxygen atoms in total. The lowest BCUT2D eigenvalue weighted by atomic mass is 10.1. The molecule has 0 saturated heterocycles. The van der Waals surface area contributed by atoms with Crippen LogP contribution in [-0.2, 0) is 12.8 Å². The number of rotatable bonds is 5. The van der Waals surface area contributed by atoms with Crippen LogP contribution in [0.4, 0.5) is 10.1 Å². The Bertz CT molecular complexity index is 922. The van der Waals surface area contributed by atoms with Crippen molar-refractivity contribution in [1.29, 1.82) is 0 Å². The van der Waals surface area contributed by atoms with E-state index in [1.54, 1.807) is 6.07 Å². The average Bonchev–Trinajstić information content (AvgIpc) is 2.56. The van der Waals surface area contributed by atoms with Crippen molar-refractivity contribution >= 4 is 17.3 Å². The van der Waals surface area contributed by atoms with E-state index in [-0.39, 0.29) is 17.2 Å². The van der Waals surface area contributed by atoms with Gasteiger partial charge in [-0.1, -0.05) is 41.9 Å². The van der Waals surface area contributed by atoms with Crippen molar-refractivity contribution in [2.24, 2.45) is 0 Å². The van der Waals surface area contributed by atoms with Gasteiger partial charge in [-0.2, -0.15) is 0 Å². The Morgan fingerprint density at radius 3 is 2.56 bits per heavy atom. The summed E-state index contributed by atoms with van der Waals surface area (Å²) in [7, 11) is 0. The largest absolute Gasteiger partial charge is 0.454 e. The monoisotopic (exact) mass is 358 g/mol. The average molecular weight is 359 g/mol. The Hall–Kier alpha value is -2.79. The van der Waals surface area contributed by atoms with Gasteiger partial charge in [-0.15, -0.1) is 0 Å². The van der Waals surface area contributed by atoms with E-state index >= 15 is 0 Å². The van der Waals surface area contributed by atoms with Crippen LogP contribution in [0.3, 0.4) is 0 Å². The second kappa shape index (κ2) is 7.40. The fraction of sp³-hybridized carbons (Fsp3) is 0.105. The van der Waals surface area contributed by atoms with E-state index in [4.69, 9.17) is 22.1 Å². The summed E-state index contributed by atoms with van der Waals surface area (Å²) in [5, 5.41) is 0.365. The molecule has 0 spiro atoms. The first kappa shape index (κ1) is 17.0. The molecular formula is C19H16ClFN2O2. The number of ether oxygens (including phenoxy) is 1. The van der Waals surface area contributed by atoms with Crippen molar-refractivity contribution in [2.45, 2.75) is 12.8 Å². The van der Waals surface area contributed by atoms with Gasteiger partial charge in [0.1, 0.15) is 5.75 Å². The van der Waals surface area contributed by atoms with Crippen LogP contribution in [0.25, 0.3) is 0 Å². The number of nitrogen functional groups attached to an aromatic ring is 1. The van der Waals surface area contributed by atoms with Crippen LogP contribution >= 0.6 is 11.6 Å². The number of nitrogens with one attached hydrogen (secondary N) is 1. The summed E-state index contributed by atoms with van der Waals surface area (Å²) in [6.45, 7) is 0. The van der Waals surface area contributed by atoms with Gasteiger partial charge >= 0.3 is 0 Å². The summed E-state index contributed by atoms with van der Waals surface area (Å²) in [6.07, 6.45) is 0.946. The van der Waals surface area contributed by atoms with E-state index in [2.05, 4.69) is 4.98 Å². The molecule has 0 radical (unpaired) electrons. The molecule has 0 aliphatic heterocycles. The SMILES string of the molecule is Nc1cc(Cl)cc(Oc2cc(=O)[nH]c(CCc3ccccc3)c2F)c1. The zero-order valence-corrected chi connectivity index (χ0v) is 14.0. The highest BCUT2D eigenvalue weighted by molar-refractivity contribution is 6.31. The number of hydrogen-bond acceptors (Lipinski definition) is 3. The highest BCUT2D eigenvalue weighted by atomic mass is 35.5. The number of pyridine rings is 1. The van der Waals surface area contributed by atoms with Crippen molar-refractivity contribution in [3.63, 3.8) is 0 Å². The van der Waals surface area contributed by atoms with Gasteiger partial charge in [-0.3, -0.25) is 4.79 Å². The van der Waals surface area contributed by atoms with Crippen molar-refractivity contribution in [1.82, 2.24) is 4.98 Å². The maximum absolute atomic E-state index is 14.7. The molecule has 0 fully saturated rings. The number of hydrogen-bond donors (Lipinski definition) is 2. The quantitative estimate of drug-likeness (QED) is 0.667. The molecule has 0 atom stereocenters. The predicted octanol–water partition coefficient (Wildman–Crippen LogP) is 4.33. The van der Waals surface area contributed by atoms with E-state index in [0.29, 0.717) is 23.6 Å². The van der Waals surface area contributed by atoms with Gasteiger partial charge in [0.15, 0.2) is 11.6 Å². The first-order valence-electron chi connectivity index (χ1n) is 7.71. The zero-order chi connectivity index (χ0) is 17.8. The third-order valence-electron chi connectivity index (χ3n) is 3.65. The number of benzene rings is 2. The van der Waals surface area contributed by atoms with E-state index in [1.165, 1.54) is 12.1 Å². The van der Waals surface area contributed by atoms with Crippen LogP contribution in [0.1, 0.15) is 11.3 Å². The number of aromatic nitrogens is 1. The minimum absolute atomic E-state index is 0.159. The third-order valence-corrected chi connectivity index (χ3v) is 3.86. The molecule has 3 rings (SSSR count). The lowest BCUT2D eigenvalue weighted by molar-refractivity contribution is 0.434. The molecule has 3 N–H and O–H groups in total. The Morgan fingerprint density at radius 2 is 1.84 bits per heavy atom. The first-order valence-corrected chi connectivity index (χ1v) is 8.08. The van der Waals surface area contributed by atoms with E-state index in [9.17, 15) is 9.18 Å². The van der Waals surface area contributed by atoms with E-state index < -0.39 is 11.4 Å². The first-order chi connectivity index (χ1) is 12.0. The van der Waals surface area contributed by atoms with Gasteiger partial charge in [0.2, 0.25) is 0 Å². The van der Waals surface area contributed by atoms with Crippen molar-refractivity contribution < 1.29 is 9.13 Å². The van der Waals surface area contributed by atoms with Crippen molar-refractivity contribution in [3.8, 4) is 11.5 Å². The molecule has 0 bridgehead atoms. The second-order valence-electron chi connectivity index (χ2n) is 5.60. The summed E-state index contributed by atoms with van der Waals surface area (Å²) in [6, 6.07) is 15.3. The van der Waals surface area contributed by atoms with Gasteiger partial charge in [-0.25, -0.2) is 4.39 Å². The van der Waals surface area contributed by atoms with Crippen LogP contribution in [-0.4, -0.2) is 4.98 Å². The Kier molecular flexibility index (Phi) is 5.05. The van der Waals surface area contributed by atoms with Gasteiger partial charge in [0, 0.05) is 22.8 Å². The lowest BCUT2D eigenvalue weighted by Crippen LogP contribution is -2.12. The van der Waals surface area contributed by atoms with Crippen LogP contribution in [0.2, 0.25) is 5.02 Å². The minimum atomic E-state index is -0.603. The molecule has 3 aromatic rings. The third kappa shape index (κ3) is 4.39. The molecule has 0 aliphatic carbocycles. The van der Waals surface area contributed by atoms with Crippen molar-refractivity contribution in [3.05, 3.63) is 87.0 Å². The molecule has 0 saturated carbocycles. The number of anilines is 1. The van der Waals surface area contributed by atoms with Crippen molar-refractivity contribution in [2.75, 3.05) is 5.73 Å². The standard InChI is InChI=1S/C19H16ClFN2O2/c20-13-8-14(22)10-15(9-13)25-17-11-18(24)23-16(19(17)21)7-6-12-4-2-1-3-5-12/h1-5,8-11H,6-7,22H2,(H,23,24). The molecule has 2 aromatic carbocycles.